The largest absolute Gasteiger partial charge is 0.316 e. The standard InChI is InChI=1S/C14H16FN3/c15-13-9-11(12-3-1-6-16-10-12)4-5-14(13)18-8-2-7-17-18/h2,4-5,7-9,12,16H,1,3,6,10H2. The molecule has 2 aromatic rings. The molecule has 3 nitrogen and oxygen atoms in total. The summed E-state index contributed by atoms with van der Waals surface area (Å²) in [5, 5.41) is 7.41. The maximum absolute atomic E-state index is 14.1. The fourth-order valence-corrected chi connectivity index (χ4v) is 2.51. The van der Waals surface area contributed by atoms with E-state index in [1.165, 1.54) is 0 Å². The molecule has 1 fully saturated rings. The van der Waals surface area contributed by atoms with Gasteiger partial charge in [-0.05, 0) is 49.1 Å². The van der Waals surface area contributed by atoms with E-state index in [1.54, 1.807) is 29.2 Å². The molecule has 1 atom stereocenters. The molecule has 0 spiro atoms. The average molecular weight is 245 g/mol. The lowest BCUT2D eigenvalue weighted by atomic mass is 9.91. The Balaban J connectivity index is 1.89. The fraction of sp³-hybridized carbons (Fsp3) is 0.357. The molecule has 1 aliphatic heterocycles. The summed E-state index contributed by atoms with van der Waals surface area (Å²) in [4.78, 5) is 0. The Morgan fingerprint density at radius 2 is 2.33 bits per heavy atom. The fourth-order valence-electron chi connectivity index (χ4n) is 2.51. The van der Waals surface area contributed by atoms with E-state index in [-0.39, 0.29) is 5.82 Å². The Kier molecular flexibility index (Phi) is 3.11. The van der Waals surface area contributed by atoms with Gasteiger partial charge in [-0.1, -0.05) is 6.07 Å². The van der Waals surface area contributed by atoms with Gasteiger partial charge in [0.1, 0.15) is 11.5 Å². The Hall–Kier alpha value is -1.68. The molecule has 0 radical (unpaired) electrons. The molecular weight excluding hydrogens is 229 g/mol. The van der Waals surface area contributed by atoms with Gasteiger partial charge in [-0.15, -0.1) is 0 Å². The highest BCUT2D eigenvalue weighted by Crippen LogP contribution is 2.25. The zero-order valence-corrected chi connectivity index (χ0v) is 10.1. The Morgan fingerprint density at radius 1 is 1.39 bits per heavy atom. The van der Waals surface area contributed by atoms with Crippen molar-refractivity contribution in [3.8, 4) is 5.69 Å². The quantitative estimate of drug-likeness (QED) is 0.881. The van der Waals surface area contributed by atoms with Crippen molar-refractivity contribution in [3.63, 3.8) is 0 Å². The lowest BCUT2D eigenvalue weighted by Gasteiger charge is -2.23. The molecule has 0 bridgehead atoms. The maximum Gasteiger partial charge on any atom is 0.149 e. The van der Waals surface area contributed by atoms with E-state index in [1.807, 2.05) is 12.1 Å². The van der Waals surface area contributed by atoms with Crippen LogP contribution in [-0.2, 0) is 0 Å². The summed E-state index contributed by atoms with van der Waals surface area (Å²) in [6.45, 7) is 2.02. The van der Waals surface area contributed by atoms with Crippen molar-refractivity contribution in [3.05, 3.63) is 48.0 Å². The van der Waals surface area contributed by atoms with Gasteiger partial charge in [0.05, 0.1) is 0 Å². The average Bonchev–Trinajstić information content (AvgIpc) is 2.93. The molecule has 1 aliphatic rings. The van der Waals surface area contributed by atoms with Crippen LogP contribution in [0.15, 0.2) is 36.7 Å². The van der Waals surface area contributed by atoms with Crippen LogP contribution in [0.25, 0.3) is 5.69 Å². The second kappa shape index (κ2) is 4.90. The molecule has 1 N–H and O–H groups in total. The minimum atomic E-state index is -0.207. The van der Waals surface area contributed by atoms with Gasteiger partial charge in [-0.3, -0.25) is 0 Å². The smallest absolute Gasteiger partial charge is 0.149 e. The minimum absolute atomic E-state index is 0.207. The number of aromatic nitrogens is 2. The molecule has 1 unspecified atom stereocenters. The van der Waals surface area contributed by atoms with E-state index >= 15 is 0 Å². The number of benzene rings is 1. The van der Waals surface area contributed by atoms with Crippen LogP contribution in [0.3, 0.4) is 0 Å². The number of nitrogens with zero attached hydrogens (tertiary/aromatic N) is 2. The van der Waals surface area contributed by atoms with E-state index in [9.17, 15) is 4.39 Å². The summed E-state index contributed by atoms with van der Waals surface area (Å²) in [6.07, 6.45) is 5.69. The van der Waals surface area contributed by atoms with Crippen molar-refractivity contribution in [2.75, 3.05) is 13.1 Å². The molecule has 1 saturated heterocycles. The van der Waals surface area contributed by atoms with Crippen molar-refractivity contribution >= 4 is 0 Å². The second-order valence-electron chi connectivity index (χ2n) is 4.70. The molecule has 0 saturated carbocycles. The first-order valence-electron chi connectivity index (χ1n) is 6.35. The molecule has 4 heteroatoms. The van der Waals surface area contributed by atoms with Crippen LogP contribution in [0.2, 0.25) is 0 Å². The zero-order valence-electron chi connectivity index (χ0n) is 10.1. The third-order valence-corrected chi connectivity index (χ3v) is 3.49. The highest BCUT2D eigenvalue weighted by atomic mass is 19.1. The first-order valence-corrected chi connectivity index (χ1v) is 6.35. The molecule has 94 valence electrons. The predicted molar refractivity (Wildman–Crippen MR) is 68.4 cm³/mol. The summed E-state index contributed by atoms with van der Waals surface area (Å²) in [5.74, 6) is 0.224. The van der Waals surface area contributed by atoms with Crippen molar-refractivity contribution < 1.29 is 4.39 Å². The number of halogens is 1. The third-order valence-electron chi connectivity index (χ3n) is 3.49. The Morgan fingerprint density at radius 3 is 3.00 bits per heavy atom. The van der Waals surface area contributed by atoms with Crippen molar-refractivity contribution in [1.82, 2.24) is 15.1 Å². The van der Waals surface area contributed by atoms with Crippen LogP contribution in [0.1, 0.15) is 24.3 Å². The van der Waals surface area contributed by atoms with Crippen molar-refractivity contribution in [2.24, 2.45) is 0 Å². The van der Waals surface area contributed by atoms with Crippen molar-refractivity contribution in [2.45, 2.75) is 18.8 Å². The molecule has 1 aromatic carbocycles. The number of hydrogen-bond donors (Lipinski definition) is 1. The van der Waals surface area contributed by atoms with Gasteiger partial charge in [0.15, 0.2) is 0 Å². The molecule has 2 heterocycles. The van der Waals surface area contributed by atoms with Gasteiger partial charge < -0.3 is 5.32 Å². The number of nitrogens with one attached hydrogen (secondary N) is 1. The van der Waals surface area contributed by atoms with Crippen LogP contribution in [0.4, 0.5) is 4.39 Å². The summed E-state index contributed by atoms with van der Waals surface area (Å²) in [7, 11) is 0. The normalized spacial score (nSPS) is 19.9. The van der Waals surface area contributed by atoms with Gasteiger partial charge in [0, 0.05) is 18.9 Å². The summed E-state index contributed by atoms with van der Waals surface area (Å²) in [5.41, 5.74) is 1.59. The van der Waals surface area contributed by atoms with E-state index in [4.69, 9.17) is 0 Å². The highest BCUT2D eigenvalue weighted by molar-refractivity contribution is 5.37. The second-order valence-corrected chi connectivity index (χ2v) is 4.70. The molecule has 0 aliphatic carbocycles. The maximum atomic E-state index is 14.1. The Labute approximate surface area is 106 Å². The van der Waals surface area contributed by atoms with Gasteiger partial charge in [-0.25, -0.2) is 9.07 Å². The summed E-state index contributed by atoms with van der Waals surface area (Å²) in [6, 6.07) is 7.26. The van der Waals surface area contributed by atoms with Gasteiger partial charge >= 0.3 is 0 Å². The van der Waals surface area contributed by atoms with E-state index in [0.717, 1.165) is 31.5 Å². The lowest BCUT2D eigenvalue weighted by Crippen LogP contribution is -2.28. The third kappa shape index (κ3) is 2.16. The van der Waals surface area contributed by atoms with Crippen molar-refractivity contribution in [1.29, 1.82) is 0 Å². The number of piperidine rings is 1. The molecular formula is C14H16FN3. The first-order chi connectivity index (χ1) is 8.84. The van der Waals surface area contributed by atoms with Crippen LogP contribution < -0.4 is 5.32 Å². The van der Waals surface area contributed by atoms with Crippen LogP contribution in [-0.4, -0.2) is 22.9 Å². The number of hydrogen-bond acceptors (Lipinski definition) is 2. The number of rotatable bonds is 2. The first kappa shape index (κ1) is 11.4. The van der Waals surface area contributed by atoms with Crippen LogP contribution in [0, 0.1) is 5.82 Å². The van der Waals surface area contributed by atoms with E-state index in [0.29, 0.717) is 11.6 Å². The summed E-state index contributed by atoms with van der Waals surface area (Å²) >= 11 is 0. The monoisotopic (exact) mass is 245 g/mol. The molecule has 0 amide bonds. The molecule has 18 heavy (non-hydrogen) atoms. The van der Waals surface area contributed by atoms with Crippen LogP contribution in [0.5, 0.6) is 0 Å². The van der Waals surface area contributed by atoms with E-state index in [2.05, 4.69) is 10.4 Å². The SMILES string of the molecule is Fc1cc(C2CCCNC2)ccc1-n1cccn1. The highest BCUT2D eigenvalue weighted by Gasteiger charge is 2.16. The molecule has 1 aromatic heterocycles. The molecule has 3 rings (SSSR count). The Bertz CT molecular complexity index is 516. The zero-order chi connectivity index (χ0) is 12.4. The van der Waals surface area contributed by atoms with Gasteiger partial charge in [-0.2, -0.15) is 5.10 Å². The van der Waals surface area contributed by atoms with Gasteiger partial charge in [0.25, 0.3) is 0 Å². The predicted octanol–water partition coefficient (Wildman–Crippen LogP) is 2.48. The minimum Gasteiger partial charge on any atom is -0.316 e. The van der Waals surface area contributed by atoms with Gasteiger partial charge in [0.2, 0.25) is 0 Å². The summed E-state index contributed by atoms with van der Waals surface area (Å²) < 4.78 is 15.6. The lowest BCUT2D eigenvalue weighted by molar-refractivity contribution is 0.459. The van der Waals surface area contributed by atoms with E-state index < -0.39 is 0 Å². The topological polar surface area (TPSA) is 29.9 Å². The van der Waals surface area contributed by atoms with Crippen LogP contribution >= 0.6 is 0 Å².